The summed E-state index contributed by atoms with van der Waals surface area (Å²) in [6.07, 6.45) is 0. The molecular weight excluding hydrogens is 270 g/mol. The van der Waals surface area contributed by atoms with Crippen molar-refractivity contribution >= 4 is 27.5 Å². The second kappa shape index (κ2) is 4.54. The van der Waals surface area contributed by atoms with E-state index >= 15 is 0 Å². The van der Waals surface area contributed by atoms with Crippen LogP contribution in [-0.2, 0) is 14.8 Å². The van der Waals surface area contributed by atoms with Crippen LogP contribution >= 0.6 is 0 Å². The molecule has 0 aromatic heterocycles. The predicted molar refractivity (Wildman–Crippen MR) is 67.8 cm³/mol. The third kappa shape index (κ3) is 2.14. The van der Waals surface area contributed by atoms with Crippen molar-refractivity contribution in [1.82, 2.24) is 9.62 Å². The van der Waals surface area contributed by atoms with Gasteiger partial charge in [0.05, 0.1) is 5.56 Å². The van der Waals surface area contributed by atoms with Crippen LogP contribution in [0.3, 0.4) is 0 Å². The Bertz CT molecular complexity index is 654. The molecule has 2 amide bonds. The summed E-state index contributed by atoms with van der Waals surface area (Å²) >= 11 is 0. The summed E-state index contributed by atoms with van der Waals surface area (Å²) in [4.78, 5) is 23.3. The lowest BCUT2D eigenvalue weighted by Crippen LogP contribution is -2.40. The van der Waals surface area contributed by atoms with E-state index in [-0.39, 0.29) is 16.1 Å². The summed E-state index contributed by atoms with van der Waals surface area (Å²) in [7, 11) is -3.99. The first-order valence-electron chi connectivity index (χ1n) is 5.61. The van der Waals surface area contributed by atoms with Crippen LogP contribution in [-0.4, -0.2) is 37.6 Å². The first-order chi connectivity index (χ1) is 8.87. The molecule has 0 radical (unpaired) electrons. The number of anilines is 1. The lowest BCUT2D eigenvalue weighted by Gasteiger charge is -2.14. The highest BCUT2D eigenvalue weighted by Gasteiger charge is 2.42. The van der Waals surface area contributed by atoms with Crippen LogP contribution in [0.1, 0.15) is 17.3 Å². The average molecular weight is 283 g/mol. The van der Waals surface area contributed by atoms with Crippen LogP contribution < -0.4 is 11.1 Å². The minimum Gasteiger partial charge on any atom is -0.399 e. The molecule has 7 nitrogen and oxygen atoms in total. The Morgan fingerprint density at radius 2 is 2.11 bits per heavy atom. The monoisotopic (exact) mass is 283 g/mol. The van der Waals surface area contributed by atoms with Crippen molar-refractivity contribution in [2.45, 2.75) is 11.8 Å². The van der Waals surface area contributed by atoms with Gasteiger partial charge < -0.3 is 11.1 Å². The van der Waals surface area contributed by atoms with Gasteiger partial charge in [-0.2, -0.15) is 0 Å². The molecule has 102 valence electrons. The molecule has 0 saturated heterocycles. The van der Waals surface area contributed by atoms with Crippen molar-refractivity contribution < 1.29 is 18.0 Å². The molecule has 3 N–H and O–H groups in total. The maximum Gasteiger partial charge on any atom is 0.269 e. The molecule has 0 fully saturated rings. The van der Waals surface area contributed by atoms with Gasteiger partial charge in [0.25, 0.3) is 15.9 Å². The number of likely N-dealkylation sites (N-methyl/N-ethyl adjacent to an activating group) is 1. The van der Waals surface area contributed by atoms with Crippen LogP contribution in [0, 0.1) is 0 Å². The number of hydrogen-bond donors (Lipinski definition) is 2. The number of nitrogens with two attached hydrogens (primary N) is 1. The van der Waals surface area contributed by atoms with Gasteiger partial charge in [0.1, 0.15) is 11.4 Å². The Morgan fingerprint density at radius 3 is 2.74 bits per heavy atom. The summed E-state index contributed by atoms with van der Waals surface area (Å²) in [5.41, 5.74) is 5.80. The summed E-state index contributed by atoms with van der Waals surface area (Å²) in [5.74, 6) is -1.23. The molecule has 0 atom stereocenters. The van der Waals surface area contributed by atoms with Crippen LogP contribution in [0.2, 0.25) is 0 Å². The first-order valence-corrected chi connectivity index (χ1v) is 7.05. The molecule has 0 bridgehead atoms. The minimum atomic E-state index is -3.99. The third-order valence-corrected chi connectivity index (χ3v) is 4.46. The molecule has 1 heterocycles. The van der Waals surface area contributed by atoms with Gasteiger partial charge in [-0.15, -0.1) is 0 Å². The highest BCUT2D eigenvalue weighted by Crippen LogP contribution is 2.31. The van der Waals surface area contributed by atoms with Gasteiger partial charge in [-0.05, 0) is 25.1 Å². The number of hydrogen-bond acceptors (Lipinski definition) is 5. The highest BCUT2D eigenvalue weighted by atomic mass is 32.2. The van der Waals surface area contributed by atoms with Gasteiger partial charge in [0, 0.05) is 12.2 Å². The van der Waals surface area contributed by atoms with Gasteiger partial charge in [-0.25, -0.2) is 12.7 Å². The van der Waals surface area contributed by atoms with E-state index in [1.165, 1.54) is 18.2 Å². The third-order valence-electron chi connectivity index (χ3n) is 2.69. The Labute approximate surface area is 110 Å². The van der Waals surface area contributed by atoms with Gasteiger partial charge in [0.15, 0.2) is 0 Å². The van der Waals surface area contributed by atoms with Crippen molar-refractivity contribution in [2.24, 2.45) is 0 Å². The molecule has 1 aliphatic rings. The van der Waals surface area contributed by atoms with Crippen molar-refractivity contribution in [3.63, 3.8) is 0 Å². The molecular formula is C11H13N3O4S. The molecule has 1 aromatic carbocycles. The number of rotatable bonds is 3. The Hall–Kier alpha value is -2.09. The molecule has 0 unspecified atom stereocenters. The van der Waals surface area contributed by atoms with Gasteiger partial charge in [-0.3, -0.25) is 9.59 Å². The number of amides is 2. The number of nitrogens with zero attached hydrogens (tertiary/aromatic N) is 1. The zero-order valence-corrected chi connectivity index (χ0v) is 11.0. The number of sulfonamides is 1. The van der Waals surface area contributed by atoms with E-state index in [0.29, 0.717) is 10.8 Å². The SMILES string of the molecule is CCNC(=O)CN1C(=O)c2ccc(N)cc2S1(=O)=O. The summed E-state index contributed by atoms with van der Waals surface area (Å²) in [6.45, 7) is 1.54. The molecule has 1 aromatic rings. The van der Waals surface area contributed by atoms with Crippen LogP contribution in [0.15, 0.2) is 23.1 Å². The number of fused-ring (bicyclic) bond motifs is 1. The van der Waals surface area contributed by atoms with Crippen LogP contribution in [0.25, 0.3) is 0 Å². The Morgan fingerprint density at radius 1 is 1.42 bits per heavy atom. The van der Waals surface area contributed by atoms with E-state index in [1.807, 2.05) is 0 Å². The lowest BCUT2D eigenvalue weighted by molar-refractivity contribution is -0.120. The fraction of sp³-hybridized carbons (Fsp3) is 0.273. The maximum atomic E-state index is 12.2. The Balaban J connectivity index is 2.41. The number of benzene rings is 1. The fourth-order valence-corrected chi connectivity index (χ4v) is 3.39. The minimum absolute atomic E-state index is 0.0403. The smallest absolute Gasteiger partial charge is 0.269 e. The van der Waals surface area contributed by atoms with E-state index in [0.717, 1.165) is 0 Å². The number of nitrogens with one attached hydrogen (secondary N) is 1. The van der Waals surface area contributed by atoms with E-state index in [2.05, 4.69) is 5.32 Å². The summed E-state index contributed by atoms with van der Waals surface area (Å²) < 4.78 is 24.9. The zero-order chi connectivity index (χ0) is 14.2. The lowest BCUT2D eigenvalue weighted by atomic mass is 10.2. The topological polar surface area (TPSA) is 110 Å². The number of carbonyl (C=O) groups excluding carboxylic acids is 2. The molecule has 19 heavy (non-hydrogen) atoms. The van der Waals surface area contributed by atoms with E-state index in [4.69, 9.17) is 5.73 Å². The maximum absolute atomic E-state index is 12.2. The predicted octanol–water partition coefficient (Wildman–Crippen LogP) is -0.451. The largest absolute Gasteiger partial charge is 0.399 e. The van der Waals surface area contributed by atoms with Crippen LogP contribution in [0.5, 0.6) is 0 Å². The average Bonchev–Trinajstić information content (AvgIpc) is 2.51. The second-order valence-corrected chi connectivity index (χ2v) is 5.86. The van der Waals surface area contributed by atoms with Crippen LogP contribution in [0.4, 0.5) is 5.69 Å². The van der Waals surface area contributed by atoms with Crippen molar-refractivity contribution in [2.75, 3.05) is 18.8 Å². The van der Waals surface area contributed by atoms with E-state index in [1.54, 1.807) is 6.92 Å². The molecule has 1 aliphatic heterocycles. The molecule has 2 rings (SSSR count). The number of nitrogen functional groups attached to an aromatic ring is 1. The van der Waals surface area contributed by atoms with Gasteiger partial charge >= 0.3 is 0 Å². The first kappa shape index (κ1) is 13.3. The quantitative estimate of drug-likeness (QED) is 0.730. The highest BCUT2D eigenvalue weighted by molar-refractivity contribution is 7.90. The fourth-order valence-electron chi connectivity index (χ4n) is 1.83. The second-order valence-electron chi connectivity index (χ2n) is 4.03. The zero-order valence-electron chi connectivity index (χ0n) is 10.2. The van der Waals surface area contributed by atoms with Gasteiger partial charge in [0.2, 0.25) is 5.91 Å². The van der Waals surface area contributed by atoms with E-state index < -0.39 is 28.4 Å². The Kier molecular flexibility index (Phi) is 3.19. The van der Waals surface area contributed by atoms with E-state index in [9.17, 15) is 18.0 Å². The standard InChI is InChI=1S/C11H13N3O4S/c1-2-13-10(15)6-14-11(16)8-4-3-7(12)5-9(8)19(14,17)18/h3-5H,2,6,12H2,1H3,(H,13,15). The molecule has 0 aliphatic carbocycles. The van der Waals surface area contributed by atoms with Crippen molar-refractivity contribution in [3.05, 3.63) is 23.8 Å². The normalized spacial score (nSPS) is 16.3. The van der Waals surface area contributed by atoms with Crippen molar-refractivity contribution in [3.8, 4) is 0 Å². The molecule has 0 saturated carbocycles. The summed E-state index contributed by atoms with van der Waals surface area (Å²) in [5, 5.41) is 2.45. The number of carbonyl (C=O) groups is 2. The molecule has 8 heteroatoms. The van der Waals surface area contributed by atoms with Crippen molar-refractivity contribution in [1.29, 1.82) is 0 Å². The molecule has 0 spiro atoms. The van der Waals surface area contributed by atoms with Gasteiger partial charge in [-0.1, -0.05) is 0 Å². The summed E-state index contributed by atoms with van der Waals surface area (Å²) in [6, 6.07) is 4.02.